The molecule has 1 aliphatic rings. The van der Waals surface area contributed by atoms with Crippen molar-refractivity contribution in [3.05, 3.63) is 34.4 Å². The van der Waals surface area contributed by atoms with Gasteiger partial charge in [0.15, 0.2) is 0 Å². The van der Waals surface area contributed by atoms with Crippen LogP contribution in [-0.4, -0.2) is 22.5 Å². The Balaban J connectivity index is 2.20. The van der Waals surface area contributed by atoms with E-state index in [1.165, 1.54) is 22.3 Å². The fourth-order valence-corrected chi connectivity index (χ4v) is 2.07. The van der Waals surface area contributed by atoms with Crippen LogP contribution in [0.4, 0.5) is 0 Å². The fraction of sp³-hybridized carbons (Fsp3) is 0.417. The lowest BCUT2D eigenvalue weighted by Gasteiger charge is -2.10. The molecule has 0 saturated carbocycles. The van der Waals surface area contributed by atoms with Gasteiger partial charge in [-0.25, -0.2) is 0 Å². The molecule has 0 unspecified atom stereocenters. The fourth-order valence-electron chi connectivity index (χ4n) is 2.07. The van der Waals surface area contributed by atoms with Gasteiger partial charge in [0.2, 0.25) is 0 Å². The van der Waals surface area contributed by atoms with Crippen molar-refractivity contribution in [2.75, 3.05) is 6.54 Å². The topological polar surface area (TPSA) is 40.5 Å². The van der Waals surface area contributed by atoms with Crippen molar-refractivity contribution in [1.29, 1.82) is 0 Å². The van der Waals surface area contributed by atoms with Crippen LogP contribution in [0.1, 0.15) is 22.3 Å². The first-order valence-electron chi connectivity index (χ1n) is 5.09. The second-order valence-corrected chi connectivity index (χ2v) is 4.24. The number of fused-ring (bicyclic) bond motifs is 1. The predicted molar refractivity (Wildman–Crippen MR) is 57.7 cm³/mol. The van der Waals surface area contributed by atoms with Gasteiger partial charge in [0.05, 0.1) is 6.54 Å². The van der Waals surface area contributed by atoms with E-state index in [4.69, 9.17) is 5.11 Å². The summed E-state index contributed by atoms with van der Waals surface area (Å²) >= 11 is 0. The van der Waals surface area contributed by atoms with E-state index in [1.807, 2.05) is 4.90 Å². The molecule has 0 aliphatic carbocycles. The van der Waals surface area contributed by atoms with Crippen molar-refractivity contribution in [2.24, 2.45) is 0 Å². The molecule has 3 nitrogen and oxygen atoms in total. The summed E-state index contributed by atoms with van der Waals surface area (Å²) in [6, 6.07) is 4.35. The van der Waals surface area contributed by atoms with E-state index < -0.39 is 5.97 Å². The summed E-state index contributed by atoms with van der Waals surface area (Å²) in [7, 11) is 0. The van der Waals surface area contributed by atoms with E-state index in [0.717, 1.165) is 13.1 Å². The molecule has 1 heterocycles. The second-order valence-electron chi connectivity index (χ2n) is 4.24. The van der Waals surface area contributed by atoms with Crippen molar-refractivity contribution in [3.8, 4) is 0 Å². The maximum Gasteiger partial charge on any atom is 0.317 e. The molecule has 1 aromatic rings. The minimum absolute atomic E-state index is 0.132. The maximum atomic E-state index is 10.6. The standard InChI is InChI=1S/C12H15NO2/c1-8-3-10-5-13(7-12(14)15)6-11(10)4-9(8)2/h3-4H,5-7H2,1-2H3,(H,14,15). The minimum atomic E-state index is -0.753. The van der Waals surface area contributed by atoms with Crippen molar-refractivity contribution in [2.45, 2.75) is 26.9 Å². The van der Waals surface area contributed by atoms with Crippen LogP contribution in [-0.2, 0) is 17.9 Å². The summed E-state index contributed by atoms with van der Waals surface area (Å²) < 4.78 is 0. The SMILES string of the molecule is Cc1cc2c(cc1C)CN(CC(=O)O)C2. The number of aliphatic carboxylic acids is 1. The Morgan fingerprint density at radius 2 is 1.73 bits per heavy atom. The molecule has 0 aromatic heterocycles. The first-order chi connectivity index (χ1) is 7.06. The van der Waals surface area contributed by atoms with Gasteiger partial charge >= 0.3 is 5.97 Å². The predicted octanol–water partition coefficient (Wildman–Crippen LogP) is 1.70. The first kappa shape index (κ1) is 10.2. The zero-order valence-electron chi connectivity index (χ0n) is 9.08. The zero-order valence-corrected chi connectivity index (χ0v) is 9.08. The number of nitrogens with zero attached hydrogens (tertiary/aromatic N) is 1. The summed E-state index contributed by atoms with van der Waals surface area (Å²) in [5, 5.41) is 8.72. The van der Waals surface area contributed by atoms with Crippen molar-refractivity contribution >= 4 is 5.97 Å². The summed E-state index contributed by atoms with van der Waals surface area (Å²) in [4.78, 5) is 12.5. The molecular weight excluding hydrogens is 190 g/mol. The molecule has 0 fully saturated rings. The third-order valence-corrected chi connectivity index (χ3v) is 2.96. The molecule has 80 valence electrons. The third-order valence-electron chi connectivity index (χ3n) is 2.96. The van der Waals surface area contributed by atoms with E-state index in [2.05, 4.69) is 26.0 Å². The molecule has 3 heteroatoms. The van der Waals surface area contributed by atoms with Crippen LogP contribution in [0, 0.1) is 13.8 Å². The molecular formula is C12H15NO2. The zero-order chi connectivity index (χ0) is 11.0. The maximum absolute atomic E-state index is 10.6. The Bertz CT molecular complexity index is 381. The molecule has 1 aliphatic heterocycles. The monoisotopic (exact) mass is 205 g/mol. The number of rotatable bonds is 2. The van der Waals surface area contributed by atoms with Gasteiger partial charge in [0.25, 0.3) is 0 Å². The number of carboxylic acid groups (broad SMARTS) is 1. The van der Waals surface area contributed by atoms with Gasteiger partial charge in [-0.05, 0) is 36.1 Å². The average molecular weight is 205 g/mol. The Morgan fingerprint density at radius 3 is 2.13 bits per heavy atom. The number of carboxylic acids is 1. The van der Waals surface area contributed by atoms with Crippen molar-refractivity contribution < 1.29 is 9.90 Å². The molecule has 15 heavy (non-hydrogen) atoms. The molecule has 0 amide bonds. The van der Waals surface area contributed by atoms with Gasteiger partial charge in [0.1, 0.15) is 0 Å². The third kappa shape index (κ3) is 2.02. The normalized spacial score (nSPS) is 15.3. The van der Waals surface area contributed by atoms with E-state index in [9.17, 15) is 4.79 Å². The van der Waals surface area contributed by atoms with Crippen molar-refractivity contribution in [3.63, 3.8) is 0 Å². The summed E-state index contributed by atoms with van der Waals surface area (Å²) in [5.41, 5.74) is 5.12. The number of aryl methyl sites for hydroxylation is 2. The van der Waals surface area contributed by atoms with Gasteiger partial charge < -0.3 is 5.11 Å². The Labute approximate surface area is 89.3 Å². The molecule has 0 spiro atoms. The van der Waals surface area contributed by atoms with Gasteiger partial charge in [-0.3, -0.25) is 9.69 Å². The molecule has 0 radical (unpaired) electrons. The van der Waals surface area contributed by atoms with Gasteiger partial charge in [-0.2, -0.15) is 0 Å². The van der Waals surface area contributed by atoms with E-state index >= 15 is 0 Å². The summed E-state index contributed by atoms with van der Waals surface area (Å²) in [5.74, 6) is -0.753. The lowest BCUT2D eigenvalue weighted by Crippen LogP contribution is -2.24. The van der Waals surface area contributed by atoms with Gasteiger partial charge in [-0.15, -0.1) is 0 Å². The molecule has 0 saturated heterocycles. The van der Waals surface area contributed by atoms with E-state index in [-0.39, 0.29) is 6.54 Å². The molecule has 2 rings (SSSR count). The van der Waals surface area contributed by atoms with E-state index in [1.54, 1.807) is 0 Å². The Morgan fingerprint density at radius 1 is 1.27 bits per heavy atom. The largest absolute Gasteiger partial charge is 0.480 e. The van der Waals surface area contributed by atoms with Crippen LogP contribution in [0.25, 0.3) is 0 Å². The van der Waals surface area contributed by atoms with Gasteiger partial charge in [0, 0.05) is 13.1 Å². The molecule has 0 atom stereocenters. The lowest BCUT2D eigenvalue weighted by atomic mass is 10.0. The van der Waals surface area contributed by atoms with Crippen LogP contribution in [0.15, 0.2) is 12.1 Å². The second kappa shape index (κ2) is 3.66. The number of hydrogen-bond donors (Lipinski definition) is 1. The highest BCUT2D eigenvalue weighted by Gasteiger charge is 2.20. The van der Waals surface area contributed by atoms with Gasteiger partial charge in [-0.1, -0.05) is 12.1 Å². The number of hydrogen-bond acceptors (Lipinski definition) is 2. The highest BCUT2D eigenvalue weighted by Crippen LogP contribution is 2.25. The quantitative estimate of drug-likeness (QED) is 0.799. The molecule has 1 aromatic carbocycles. The highest BCUT2D eigenvalue weighted by atomic mass is 16.4. The summed E-state index contributed by atoms with van der Waals surface area (Å²) in [6.45, 7) is 5.85. The van der Waals surface area contributed by atoms with Crippen LogP contribution in [0.3, 0.4) is 0 Å². The highest BCUT2D eigenvalue weighted by molar-refractivity contribution is 5.69. The average Bonchev–Trinajstić information content (AvgIpc) is 2.46. The Kier molecular flexibility index (Phi) is 2.49. The minimum Gasteiger partial charge on any atom is -0.480 e. The Hall–Kier alpha value is -1.35. The van der Waals surface area contributed by atoms with Crippen LogP contribution in [0.5, 0.6) is 0 Å². The summed E-state index contributed by atoms with van der Waals surface area (Å²) in [6.07, 6.45) is 0. The molecule has 1 N–H and O–H groups in total. The molecule has 0 bridgehead atoms. The van der Waals surface area contributed by atoms with Crippen molar-refractivity contribution in [1.82, 2.24) is 4.90 Å². The van der Waals surface area contributed by atoms with Crippen LogP contribution in [0.2, 0.25) is 0 Å². The van der Waals surface area contributed by atoms with Crippen LogP contribution >= 0.6 is 0 Å². The first-order valence-corrected chi connectivity index (χ1v) is 5.09. The van der Waals surface area contributed by atoms with Crippen LogP contribution < -0.4 is 0 Å². The number of benzene rings is 1. The number of carbonyl (C=O) groups is 1. The smallest absolute Gasteiger partial charge is 0.317 e. The lowest BCUT2D eigenvalue weighted by molar-refractivity contribution is -0.138. The van der Waals surface area contributed by atoms with E-state index in [0.29, 0.717) is 0 Å².